The first kappa shape index (κ1) is 18.7. The van der Waals surface area contributed by atoms with Crippen LogP contribution in [0.4, 0.5) is 0 Å². The summed E-state index contributed by atoms with van der Waals surface area (Å²) < 4.78 is 5.39. The second-order valence-electron chi connectivity index (χ2n) is 7.97. The van der Waals surface area contributed by atoms with Crippen LogP contribution in [-0.4, -0.2) is 41.7 Å². The van der Waals surface area contributed by atoms with Crippen LogP contribution in [0.3, 0.4) is 0 Å². The van der Waals surface area contributed by atoms with Crippen molar-refractivity contribution < 1.29 is 14.4 Å². The number of amides is 1. The Bertz CT molecular complexity index is 1080. The molecule has 5 rings (SSSR count). The van der Waals surface area contributed by atoms with Gasteiger partial charge >= 0.3 is 0 Å². The lowest BCUT2D eigenvalue weighted by molar-refractivity contribution is -0.125. The molecule has 6 nitrogen and oxygen atoms in total. The van der Waals surface area contributed by atoms with Crippen LogP contribution in [0.5, 0.6) is 5.75 Å². The Morgan fingerprint density at radius 3 is 2.73 bits per heavy atom. The predicted octanol–water partition coefficient (Wildman–Crippen LogP) is 4.40. The summed E-state index contributed by atoms with van der Waals surface area (Å²) in [6.07, 6.45) is 4.35. The second-order valence-corrected chi connectivity index (χ2v) is 7.97. The molecule has 3 heterocycles. The van der Waals surface area contributed by atoms with Gasteiger partial charge in [0.15, 0.2) is 6.10 Å². The van der Waals surface area contributed by atoms with E-state index >= 15 is 0 Å². The predicted molar refractivity (Wildman–Crippen MR) is 116 cm³/mol. The van der Waals surface area contributed by atoms with Crippen LogP contribution in [0.1, 0.15) is 42.4 Å². The van der Waals surface area contributed by atoms with Crippen molar-refractivity contribution in [1.82, 2.24) is 9.88 Å². The first-order valence-corrected chi connectivity index (χ1v) is 10.4. The van der Waals surface area contributed by atoms with E-state index in [-0.39, 0.29) is 12.0 Å². The topological polar surface area (TPSA) is 66.9 Å². The van der Waals surface area contributed by atoms with Crippen molar-refractivity contribution in [2.45, 2.75) is 31.3 Å². The number of methoxy groups -OCH3 is 1. The van der Waals surface area contributed by atoms with Gasteiger partial charge in [0.2, 0.25) is 0 Å². The number of fused-ring (bicyclic) bond motifs is 1. The van der Waals surface area contributed by atoms with Crippen LogP contribution in [0.25, 0.3) is 10.9 Å². The van der Waals surface area contributed by atoms with Gasteiger partial charge in [0.1, 0.15) is 11.5 Å². The molecular weight excluding hydrogens is 378 g/mol. The second kappa shape index (κ2) is 7.86. The Labute approximate surface area is 175 Å². The molecule has 0 saturated carbocycles. The number of ether oxygens (including phenoxy) is 1. The summed E-state index contributed by atoms with van der Waals surface area (Å²) in [6.45, 7) is 1.46. The molecule has 0 spiro atoms. The molecule has 1 amide bonds. The fraction of sp³-hybridized carbons (Fsp3) is 0.333. The van der Waals surface area contributed by atoms with Crippen molar-refractivity contribution in [3.63, 3.8) is 0 Å². The van der Waals surface area contributed by atoms with Crippen LogP contribution in [0, 0.1) is 0 Å². The molecule has 3 aromatic rings. The number of aromatic nitrogens is 1. The summed E-state index contributed by atoms with van der Waals surface area (Å²) in [7, 11) is 1.69. The molecule has 1 aromatic heterocycles. The Morgan fingerprint density at radius 2 is 1.97 bits per heavy atom. The maximum Gasteiger partial charge on any atom is 0.271 e. The number of H-pyrrole nitrogens is 1. The summed E-state index contributed by atoms with van der Waals surface area (Å²) >= 11 is 0. The molecule has 0 radical (unpaired) electrons. The van der Waals surface area contributed by atoms with E-state index in [4.69, 9.17) is 9.57 Å². The van der Waals surface area contributed by atoms with Gasteiger partial charge in [-0.3, -0.25) is 4.79 Å². The first-order valence-electron chi connectivity index (χ1n) is 10.4. The number of hydrogen-bond acceptors (Lipinski definition) is 4. The third-order valence-electron chi connectivity index (χ3n) is 6.23. The zero-order chi connectivity index (χ0) is 20.5. The average molecular weight is 403 g/mol. The summed E-state index contributed by atoms with van der Waals surface area (Å²) in [6, 6.07) is 16.1. The van der Waals surface area contributed by atoms with E-state index < -0.39 is 0 Å². The first-order chi connectivity index (χ1) is 14.7. The zero-order valence-electron chi connectivity index (χ0n) is 17.0. The molecule has 2 aliphatic rings. The van der Waals surface area contributed by atoms with Gasteiger partial charge in [0, 0.05) is 36.6 Å². The van der Waals surface area contributed by atoms with E-state index in [1.807, 2.05) is 41.3 Å². The third kappa shape index (κ3) is 3.43. The molecule has 154 valence electrons. The smallest absolute Gasteiger partial charge is 0.271 e. The molecule has 2 aromatic carbocycles. The van der Waals surface area contributed by atoms with Crippen molar-refractivity contribution in [3.8, 4) is 5.75 Å². The molecule has 1 fully saturated rings. The standard InChI is InChI=1S/C24H25N3O3/c1-29-18-7-8-21-19(13-18)20(15-25-21)16-9-11-27(12-10-16)24(28)22-14-23(30-26-22)17-5-3-2-4-6-17/h2-8,13,15-16,23,25H,9-12,14H2,1H3. The Hall–Kier alpha value is -3.28. The fourth-order valence-electron chi connectivity index (χ4n) is 4.51. The normalized spacial score (nSPS) is 19.6. The van der Waals surface area contributed by atoms with Crippen molar-refractivity contribution in [1.29, 1.82) is 0 Å². The number of carbonyl (C=O) groups is 1. The molecule has 6 heteroatoms. The summed E-state index contributed by atoms with van der Waals surface area (Å²) in [4.78, 5) is 23.8. The van der Waals surface area contributed by atoms with E-state index in [9.17, 15) is 4.79 Å². The zero-order valence-corrected chi connectivity index (χ0v) is 17.0. The lowest BCUT2D eigenvalue weighted by Crippen LogP contribution is -2.41. The van der Waals surface area contributed by atoms with Gasteiger partial charge in [-0.05, 0) is 48.1 Å². The van der Waals surface area contributed by atoms with E-state index in [1.165, 1.54) is 10.9 Å². The average Bonchev–Trinajstić information content (AvgIpc) is 3.46. The quantitative estimate of drug-likeness (QED) is 0.702. The summed E-state index contributed by atoms with van der Waals surface area (Å²) in [5.74, 6) is 1.30. The number of likely N-dealkylation sites (tertiary alicyclic amines) is 1. The molecule has 0 bridgehead atoms. The van der Waals surface area contributed by atoms with Crippen molar-refractivity contribution in [3.05, 3.63) is 65.9 Å². The minimum atomic E-state index is -0.163. The van der Waals surface area contributed by atoms with Gasteiger partial charge in [-0.2, -0.15) is 0 Å². The maximum atomic E-state index is 13.0. The summed E-state index contributed by atoms with van der Waals surface area (Å²) in [5.41, 5.74) is 4.01. The molecule has 1 unspecified atom stereocenters. The molecule has 30 heavy (non-hydrogen) atoms. The molecule has 1 saturated heterocycles. The molecule has 1 N–H and O–H groups in total. The number of oxime groups is 1. The highest BCUT2D eigenvalue weighted by atomic mass is 16.6. The van der Waals surface area contributed by atoms with Crippen LogP contribution in [-0.2, 0) is 9.63 Å². The number of nitrogens with zero attached hydrogens (tertiary/aromatic N) is 2. The number of nitrogens with one attached hydrogen (secondary N) is 1. The number of benzene rings is 2. The minimum absolute atomic E-state index is 0.00692. The van der Waals surface area contributed by atoms with Crippen LogP contribution in [0.15, 0.2) is 59.9 Å². The van der Waals surface area contributed by atoms with Crippen molar-refractivity contribution in [2.24, 2.45) is 5.16 Å². The van der Waals surface area contributed by atoms with E-state index in [0.29, 0.717) is 18.1 Å². The highest BCUT2D eigenvalue weighted by Gasteiger charge is 2.32. The van der Waals surface area contributed by atoms with Gasteiger partial charge in [-0.15, -0.1) is 0 Å². The van der Waals surface area contributed by atoms with Gasteiger partial charge in [0.25, 0.3) is 5.91 Å². The van der Waals surface area contributed by atoms with Crippen molar-refractivity contribution >= 4 is 22.5 Å². The largest absolute Gasteiger partial charge is 0.497 e. The number of aromatic amines is 1. The van der Waals surface area contributed by atoms with Gasteiger partial charge in [-0.1, -0.05) is 35.5 Å². The van der Waals surface area contributed by atoms with E-state index in [1.54, 1.807) is 7.11 Å². The monoisotopic (exact) mass is 403 g/mol. The number of hydrogen-bond donors (Lipinski definition) is 1. The molecule has 2 aliphatic heterocycles. The minimum Gasteiger partial charge on any atom is -0.497 e. The van der Waals surface area contributed by atoms with Gasteiger partial charge < -0.3 is 19.5 Å². The SMILES string of the molecule is COc1ccc2[nH]cc(C3CCN(C(=O)C4=NOC(c5ccccc5)C4)CC3)c2c1. The number of carbonyl (C=O) groups excluding carboxylic acids is 1. The Balaban J connectivity index is 1.23. The van der Waals surface area contributed by atoms with Gasteiger partial charge in [-0.25, -0.2) is 0 Å². The highest BCUT2D eigenvalue weighted by Crippen LogP contribution is 2.35. The van der Waals surface area contributed by atoms with Gasteiger partial charge in [0.05, 0.1) is 7.11 Å². The van der Waals surface area contributed by atoms with Crippen LogP contribution >= 0.6 is 0 Å². The van der Waals surface area contributed by atoms with E-state index in [0.717, 1.165) is 42.8 Å². The fourth-order valence-corrected chi connectivity index (χ4v) is 4.51. The Morgan fingerprint density at radius 1 is 1.17 bits per heavy atom. The lowest BCUT2D eigenvalue weighted by atomic mass is 9.89. The number of rotatable bonds is 4. The third-order valence-corrected chi connectivity index (χ3v) is 6.23. The summed E-state index contributed by atoms with van der Waals surface area (Å²) in [5, 5.41) is 5.31. The molecular formula is C24H25N3O3. The number of piperidine rings is 1. The lowest BCUT2D eigenvalue weighted by Gasteiger charge is -2.31. The van der Waals surface area contributed by atoms with Crippen LogP contribution < -0.4 is 4.74 Å². The Kier molecular flexibility index (Phi) is 4.91. The molecule has 0 aliphatic carbocycles. The van der Waals surface area contributed by atoms with Crippen molar-refractivity contribution in [2.75, 3.05) is 20.2 Å². The van der Waals surface area contributed by atoms with Crippen LogP contribution in [0.2, 0.25) is 0 Å². The maximum absolute atomic E-state index is 13.0. The van der Waals surface area contributed by atoms with E-state index in [2.05, 4.69) is 28.5 Å². The highest BCUT2D eigenvalue weighted by molar-refractivity contribution is 6.39. The molecule has 1 atom stereocenters.